The van der Waals surface area contributed by atoms with Gasteiger partial charge in [-0.25, -0.2) is 24.1 Å². The molecule has 0 radical (unpaired) electrons. The summed E-state index contributed by atoms with van der Waals surface area (Å²) in [6, 6.07) is 4.68. The Bertz CT molecular complexity index is 1210. The van der Waals surface area contributed by atoms with Crippen molar-refractivity contribution in [2.24, 2.45) is 0 Å². The summed E-state index contributed by atoms with van der Waals surface area (Å²) < 4.78 is 26.0. The van der Waals surface area contributed by atoms with Crippen molar-refractivity contribution in [3.05, 3.63) is 46.6 Å². The molecule has 1 amide bonds. The molecule has 0 unspecified atom stereocenters. The average molecular weight is 508 g/mol. The molecule has 11 heteroatoms. The predicted octanol–water partition coefficient (Wildman–Crippen LogP) is 5.99. The van der Waals surface area contributed by atoms with E-state index in [0.29, 0.717) is 48.5 Å². The van der Waals surface area contributed by atoms with Gasteiger partial charge >= 0.3 is 6.09 Å². The van der Waals surface area contributed by atoms with Crippen molar-refractivity contribution in [2.45, 2.75) is 45.3 Å². The van der Waals surface area contributed by atoms with E-state index in [4.69, 9.17) is 32.7 Å². The number of rotatable bonds is 4. The number of carbonyl (C=O) groups excluding carboxylic acids is 1. The lowest BCUT2D eigenvalue weighted by atomic mass is 10.1. The van der Waals surface area contributed by atoms with E-state index in [9.17, 15) is 9.18 Å². The lowest BCUT2D eigenvalue weighted by Crippen LogP contribution is -2.44. The van der Waals surface area contributed by atoms with Crippen LogP contribution in [0.1, 0.15) is 33.6 Å². The van der Waals surface area contributed by atoms with Gasteiger partial charge < -0.3 is 19.7 Å². The zero-order chi connectivity index (χ0) is 24.5. The van der Waals surface area contributed by atoms with Gasteiger partial charge in [-0.3, -0.25) is 0 Å². The Morgan fingerprint density at radius 2 is 1.91 bits per heavy atom. The molecule has 3 heterocycles. The molecule has 0 atom stereocenters. The number of carbonyl (C=O) groups is 1. The number of benzene rings is 1. The number of fused-ring (bicyclic) bond motifs is 1. The minimum absolute atomic E-state index is 0.114. The molecule has 1 aliphatic rings. The highest BCUT2D eigenvalue weighted by atomic mass is 35.5. The Balaban J connectivity index is 1.47. The molecule has 0 bridgehead atoms. The van der Waals surface area contributed by atoms with Crippen molar-refractivity contribution in [3.8, 4) is 5.88 Å². The standard InChI is InChI=1S/C23H24Cl2FN5O3/c1-23(2,3)34-22(32)31-8-6-13(7-9-31)33-18-10-14-17(11-27-18)28-12-29-21(14)30-16-5-4-15(24)19(25)20(16)26/h4-5,10-13H,6-9H2,1-3H3,(H,28,29,30). The van der Waals surface area contributed by atoms with Crippen molar-refractivity contribution >= 4 is 51.7 Å². The third-order valence-electron chi connectivity index (χ3n) is 5.17. The van der Waals surface area contributed by atoms with Crippen molar-refractivity contribution in [1.29, 1.82) is 0 Å². The zero-order valence-electron chi connectivity index (χ0n) is 18.9. The van der Waals surface area contributed by atoms with Crippen LogP contribution in [-0.4, -0.2) is 50.7 Å². The van der Waals surface area contributed by atoms with Crippen LogP contribution < -0.4 is 10.1 Å². The van der Waals surface area contributed by atoms with E-state index in [1.54, 1.807) is 17.2 Å². The molecule has 0 spiro atoms. The van der Waals surface area contributed by atoms with Crippen LogP contribution in [0.3, 0.4) is 0 Å². The van der Waals surface area contributed by atoms with Crippen LogP contribution in [0.2, 0.25) is 10.0 Å². The molecule has 0 saturated carbocycles. The number of nitrogens with zero attached hydrogens (tertiary/aromatic N) is 4. The number of hydrogen-bond acceptors (Lipinski definition) is 7. The van der Waals surface area contributed by atoms with Crippen molar-refractivity contribution in [2.75, 3.05) is 18.4 Å². The van der Waals surface area contributed by atoms with Gasteiger partial charge in [0.1, 0.15) is 23.9 Å². The quantitative estimate of drug-likeness (QED) is 0.433. The fourth-order valence-corrected chi connectivity index (χ4v) is 3.82. The predicted molar refractivity (Wildman–Crippen MR) is 128 cm³/mol. The van der Waals surface area contributed by atoms with Gasteiger partial charge in [0.2, 0.25) is 5.88 Å². The third-order valence-corrected chi connectivity index (χ3v) is 5.95. The Morgan fingerprint density at radius 1 is 1.18 bits per heavy atom. The highest BCUT2D eigenvalue weighted by molar-refractivity contribution is 6.42. The number of anilines is 2. The molecule has 34 heavy (non-hydrogen) atoms. The van der Waals surface area contributed by atoms with Gasteiger partial charge in [0.25, 0.3) is 0 Å². The maximum Gasteiger partial charge on any atom is 0.410 e. The minimum atomic E-state index is -0.678. The van der Waals surface area contributed by atoms with E-state index >= 15 is 0 Å². The molecule has 1 saturated heterocycles. The molecule has 1 N–H and O–H groups in total. The number of amides is 1. The van der Waals surface area contributed by atoms with E-state index < -0.39 is 11.4 Å². The maximum absolute atomic E-state index is 14.5. The van der Waals surface area contributed by atoms with Gasteiger partial charge in [-0.1, -0.05) is 23.2 Å². The molecule has 180 valence electrons. The molecule has 8 nitrogen and oxygen atoms in total. The molecule has 3 aromatic rings. The summed E-state index contributed by atoms with van der Waals surface area (Å²) in [4.78, 5) is 26.7. The number of ether oxygens (including phenoxy) is 2. The molecule has 1 aliphatic heterocycles. The largest absolute Gasteiger partial charge is 0.474 e. The van der Waals surface area contributed by atoms with Crippen LogP contribution in [0.15, 0.2) is 30.7 Å². The maximum atomic E-state index is 14.5. The SMILES string of the molecule is CC(C)(C)OC(=O)N1CCC(Oc2cc3c(Nc4ccc(Cl)c(Cl)c4F)ncnc3cn2)CC1. The molecule has 2 aromatic heterocycles. The van der Waals surface area contributed by atoms with Gasteiger partial charge in [-0.15, -0.1) is 0 Å². The first-order chi connectivity index (χ1) is 16.1. The van der Waals surface area contributed by atoms with E-state index in [1.807, 2.05) is 20.8 Å². The van der Waals surface area contributed by atoms with Gasteiger partial charge in [0, 0.05) is 37.4 Å². The van der Waals surface area contributed by atoms with Gasteiger partial charge in [-0.05, 0) is 32.9 Å². The number of halogens is 3. The molecular formula is C23H24Cl2FN5O3. The van der Waals surface area contributed by atoms with Gasteiger partial charge in [-0.2, -0.15) is 0 Å². The van der Waals surface area contributed by atoms with Gasteiger partial charge in [0.05, 0.1) is 27.4 Å². The summed E-state index contributed by atoms with van der Waals surface area (Å²) in [5, 5.41) is 3.49. The highest BCUT2D eigenvalue weighted by Gasteiger charge is 2.28. The van der Waals surface area contributed by atoms with Crippen LogP contribution in [-0.2, 0) is 4.74 Å². The summed E-state index contributed by atoms with van der Waals surface area (Å²) in [6.45, 7) is 6.58. The second-order valence-corrected chi connectivity index (χ2v) is 9.68. The summed E-state index contributed by atoms with van der Waals surface area (Å²) in [6.07, 6.45) is 3.77. The number of likely N-dealkylation sites (tertiary alicyclic amines) is 1. The fraction of sp³-hybridized carbons (Fsp3) is 0.391. The third kappa shape index (κ3) is 5.59. The minimum Gasteiger partial charge on any atom is -0.474 e. The lowest BCUT2D eigenvalue weighted by molar-refractivity contribution is 0.0123. The average Bonchev–Trinajstić information content (AvgIpc) is 2.79. The number of pyridine rings is 1. The number of nitrogens with one attached hydrogen (secondary N) is 1. The smallest absolute Gasteiger partial charge is 0.410 e. The number of hydrogen-bond donors (Lipinski definition) is 1. The van der Waals surface area contributed by atoms with Crippen LogP contribution in [0.4, 0.5) is 20.7 Å². The molecular weight excluding hydrogens is 484 g/mol. The zero-order valence-corrected chi connectivity index (χ0v) is 20.5. The second-order valence-electron chi connectivity index (χ2n) is 8.89. The Hall–Kier alpha value is -2.91. The molecule has 0 aliphatic carbocycles. The Morgan fingerprint density at radius 3 is 2.62 bits per heavy atom. The highest BCUT2D eigenvalue weighted by Crippen LogP contribution is 2.33. The summed E-state index contributed by atoms with van der Waals surface area (Å²) in [7, 11) is 0. The normalized spacial score (nSPS) is 14.8. The monoisotopic (exact) mass is 507 g/mol. The van der Waals surface area contributed by atoms with Crippen LogP contribution in [0.5, 0.6) is 5.88 Å². The first-order valence-electron chi connectivity index (χ1n) is 10.8. The molecule has 1 fully saturated rings. The van der Waals surface area contributed by atoms with E-state index in [2.05, 4.69) is 20.3 Å². The van der Waals surface area contributed by atoms with E-state index in [0.717, 1.165) is 0 Å². The van der Waals surface area contributed by atoms with Crippen molar-refractivity contribution in [3.63, 3.8) is 0 Å². The van der Waals surface area contributed by atoms with Crippen LogP contribution >= 0.6 is 23.2 Å². The van der Waals surface area contributed by atoms with Gasteiger partial charge in [0.15, 0.2) is 5.82 Å². The Labute approximate surface area is 206 Å². The first kappa shape index (κ1) is 24.2. The van der Waals surface area contributed by atoms with E-state index in [1.165, 1.54) is 18.5 Å². The molecule has 4 rings (SSSR count). The number of aromatic nitrogens is 3. The summed E-state index contributed by atoms with van der Waals surface area (Å²) >= 11 is 11.8. The van der Waals surface area contributed by atoms with Crippen molar-refractivity contribution < 1.29 is 18.7 Å². The van der Waals surface area contributed by atoms with Crippen LogP contribution in [0, 0.1) is 5.82 Å². The topological polar surface area (TPSA) is 89.5 Å². The Kier molecular flexibility index (Phi) is 6.95. The van der Waals surface area contributed by atoms with Crippen LogP contribution in [0.25, 0.3) is 10.9 Å². The first-order valence-corrected chi connectivity index (χ1v) is 11.5. The van der Waals surface area contributed by atoms with Crippen molar-refractivity contribution in [1.82, 2.24) is 19.9 Å². The summed E-state index contributed by atoms with van der Waals surface area (Å²) in [5.74, 6) is 0.0770. The second kappa shape index (κ2) is 9.76. The van der Waals surface area contributed by atoms with E-state index in [-0.39, 0.29) is 27.9 Å². The fourth-order valence-electron chi connectivity index (χ4n) is 3.51. The molecule has 1 aromatic carbocycles. The number of piperidine rings is 1. The lowest BCUT2D eigenvalue weighted by Gasteiger charge is -2.33. The summed E-state index contributed by atoms with van der Waals surface area (Å²) in [5.41, 5.74) is 0.154.